The van der Waals surface area contributed by atoms with E-state index in [2.05, 4.69) is 4.90 Å². The Hall–Kier alpha value is -2.63. The van der Waals surface area contributed by atoms with Crippen molar-refractivity contribution in [2.75, 3.05) is 41.0 Å². The number of hydrogen-bond donors (Lipinski definition) is 4. The van der Waals surface area contributed by atoms with E-state index in [9.17, 15) is 24.9 Å². The van der Waals surface area contributed by atoms with Crippen molar-refractivity contribution < 1.29 is 63.2 Å². The molecule has 0 aliphatic carbocycles. The van der Waals surface area contributed by atoms with E-state index in [1.165, 1.54) is 27.9 Å². The predicted octanol–water partition coefficient (Wildman–Crippen LogP) is 4.42. The molecule has 4 N–H and O–H groups in total. The van der Waals surface area contributed by atoms with Gasteiger partial charge in [0.1, 0.15) is 46.3 Å². The van der Waals surface area contributed by atoms with Gasteiger partial charge in [-0.05, 0) is 67.2 Å². The Morgan fingerprint density at radius 1 is 0.980 bits per heavy atom. The minimum atomic E-state index is -1.01. The monoisotopic (exact) mass is 753 g/mol. The SMILES string of the molecule is CN(C)CCCOC1C(C(O)CO)OC2OC(C)(C)OC21.COC(=O)c1c(C)c2c(c(C)c1O)OC(=O)c1c(C)c(Cl)c(O)c(Cl)c1O2.Cl. The van der Waals surface area contributed by atoms with Gasteiger partial charge in [0.15, 0.2) is 35.1 Å². The molecule has 274 valence electrons. The Morgan fingerprint density at radius 2 is 1.61 bits per heavy atom. The maximum atomic E-state index is 12.7. The first-order valence-corrected chi connectivity index (χ1v) is 15.8. The second-order valence-electron chi connectivity index (χ2n) is 12.2. The van der Waals surface area contributed by atoms with Crippen LogP contribution in [0.5, 0.6) is 28.7 Å². The van der Waals surface area contributed by atoms with Gasteiger partial charge in [0.05, 0.1) is 18.7 Å². The average Bonchev–Trinajstić information content (AvgIpc) is 3.45. The molecule has 14 nitrogen and oxygen atoms in total. The first-order valence-electron chi connectivity index (χ1n) is 15.1. The van der Waals surface area contributed by atoms with Crippen molar-refractivity contribution in [3.8, 4) is 28.7 Å². The summed E-state index contributed by atoms with van der Waals surface area (Å²) >= 11 is 12.2. The Morgan fingerprint density at radius 3 is 2.20 bits per heavy atom. The van der Waals surface area contributed by atoms with Crippen LogP contribution in [0.4, 0.5) is 0 Å². The zero-order valence-electron chi connectivity index (χ0n) is 28.3. The first kappa shape index (κ1) is 40.8. The maximum absolute atomic E-state index is 12.7. The number of aliphatic hydroxyl groups is 2. The summed E-state index contributed by atoms with van der Waals surface area (Å²) in [6, 6.07) is 0. The molecule has 5 rings (SSSR count). The number of rotatable bonds is 8. The molecule has 2 fully saturated rings. The highest BCUT2D eigenvalue weighted by molar-refractivity contribution is 6.39. The second-order valence-corrected chi connectivity index (χ2v) is 13.0. The fraction of sp³-hybridized carbons (Fsp3) is 0.562. The molecule has 0 spiro atoms. The van der Waals surface area contributed by atoms with Gasteiger partial charge in [-0.1, -0.05) is 23.2 Å². The molecule has 0 radical (unpaired) electrons. The largest absolute Gasteiger partial charge is 0.507 e. The fourth-order valence-electron chi connectivity index (χ4n) is 5.59. The number of aromatic hydroxyl groups is 2. The Balaban J connectivity index is 0.000000268. The van der Waals surface area contributed by atoms with Gasteiger partial charge in [0.2, 0.25) is 0 Å². The molecule has 49 heavy (non-hydrogen) atoms. The highest BCUT2D eigenvalue weighted by Crippen LogP contribution is 2.52. The van der Waals surface area contributed by atoms with E-state index in [1.807, 2.05) is 27.9 Å². The first-order chi connectivity index (χ1) is 22.4. The zero-order chi connectivity index (χ0) is 35.8. The van der Waals surface area contributed by atoms with E-state index in [0.717, 1.165) is 13.0 Å². The van der Waals surface area contributed by atoms with Gasteiger partial charge in [0, 0.05) is 17.7 Å². The van der Waals surface area contributed by atoms with Gasteiger partial charge in [-0.3, -0.25) is 0 Å². The van der Waals surface area contributed by atoms with Crippen molar-refractivity contribution in [3.05, 3.63) is 37.9 Å². The topological polar surface area (TPSA) is 183 Å². The lowest BCUT2D eigenvalue weighted by Crippen LogP contribution is -2.44. The van der Waals surface area contributed by atoms with E-state index >= 15 is 0 Å². The molecule has 2 saturated heterocycles. The Labute approximate surface area is 300 Å². The van der Waals surface area contributed by atoms with E-state index in [0.29, 0.717) is 6.61 Å². The minimum Gasteiger partial charge on any atom is -0.507 e. The molecule has 0 amide bonds. The van der Waals surface area contributed by atoms with E-state index in [-0.39, 0.29) is 80.2 Å². The molecule has 17 heteroatoms. The standard InChI is InChI=1S/C18H14Cl2O7.C14H27NO6.ClH/c1-5-9-16(11(20)13(22)10(5)19)26-14-6(2)8(17(23)25-4)12(21)7(3)15(14)27-18(9)24;1-14(2)20-12-11(18-7-5-6-15(3)4)10(9(17)8-16)19-13(12)21-14;/h21-22H,1-4H3;9-13,16-17H,5-8H2,1-4H3;1H. The number of phenols is 2. The van der Waals surface area contributed by atoms with Crippen LogP contribution in [0.3, 0.4) is 0 Å². The molecule has 5 atom stereocenters. The number of ether oxygens (including phenoxy) is 7. The molecule has 3 heterocycles. The summed E-state index contributed by atoms with van der Waals surface area (Å²) in [5.41, 5.74) is 0.264. The number of methoxy groups -OCH3 is 1. The number of halogens is 3. The molecule has 3 aliphatic rings. The van der Waals surface area contributed by atoms with Crippen LogP contribution in [0, 0.1) is 20.8 Å². The van der Waals surface area contributed by atoms with Gasteiger partial charge in [-0.15, -0.1) is 12.4 Å². The summed E-state index contributed by atoms with van der Waals surface area (Å²) in [6.45, 7) is 9.13. The predicted molar refractivity (Wildman–Crippen MR) is 179 cm³/mol. The molecular formula is C32H42Cl3NO13. The van der Waals surface area contributed by atoms with Crippen molar-refractivity contribution >= 4 is 47.5 Å². The average molecular weight is 755 g/mol. The molecule has 3 aliphatic heterocycles. The summed E-state index contributed by atoms with van der Waals surface area (Å²) < 4.78 is 38.9. The summed E-state index contributed by atoms with van der Waals surface area (Å²) in [5, 5.41) is 39.1. The number of phenolic OH excluding ortho intramolecular Hbond substituents is 2. The van der Waals surface area contributed by atoms with Crippen molar-refractivity contribution in [2.24, 2.45) is 0 Å². The van der Waals surface area contributed by atoms with E-state index in [1.54, 1.807) is 0 Å². The smallest absolute Gasteiger partial charge is 0.347 e. The summed E-state index contributed by atoms with van der Waals surface area (Å²) in [5.74, 6) is -3.46. The number of benzene rings is 2. The van der Waals surface area contributed by atoms with Crippen molar-refractivity contribution in [1.82, 2.24) is 4.90 Å². The van der Waals surface area contributed by atoms with Crippen molar-refractivity contribution in [3.63, 3.8) is 0 Å². The van der Waals surface area contributed by atoms with Crippen LogP contribution in [0.2, 0.25) is 10.0 Å². The lowest BCUT2D eigenvalue weighted by molar-refractivity contribution is -0.231. The molecule has 2 aromatic rings. The highest BCUT2D eigenvalue weighted by atomic mass is 35.5. The molecule has 0 saturated carbocycles. The van der Waals surface area contributed by atoms with Gasteiger partial charge >= 0.3 is 11.9 Å². The molecular weight excluding hydrogens is 713 g/mol. The summed E-state index contributed by atoms with van der Waals surface area (Å²) in [7, 11) is 5.17. The van der Waals surface area contributed by atoms with E-state index < -0.39 is 53.8 Å². The Bertz CT molecular complexity index is 1570. The van der Waals surface area contributed by atoms with Crippen molar-refractivity contribution in [1.29, 1.82) is 0 Å². The molecule has 5 unspecified atom stereocenters. The Kier molecular flexibility index (Phi) is 13.4. The van der Waals surface area contributed by atoms with Crippen LogP contribution in [-0.4, -0.2) is 115 Å². The highest BCUT2D eigenvalue weighted by Gasteiger charge is 2.57. The minimum absolute atomic E-state index is 0. The number of esters is 2. The third kappa shape index (κ3) is 8.14. The number of carbonyl (C=O) groups excluding carboxylic acids is 2. The normalized spacial score (nSPS) is 22.3. The number of fused-ring (bicyclic) bond motifs is 3. The van der Waals surface area contributed by atoms with Gasteiger partial charge in [-0.2, -0.15) is 0 Å². The summed E-state index contributed by atoms with van der Waals surface area (Å²) in [4.78, 5) is 26.8. The fourth-order valence-corrected chi connectivity index (χ4v) is 6.06. The number of aliphatic hydroxyl groups excluding tert-OH is 2. The lowest BCUT2D eigenvalue weighted by Gasteiger charge is -2.28. The third-order valence-corrected chi connectivity index (χ3v) is 8.86. The quantitative estimate of drug-likeness (QED) is 0.169. The second kappa shape index (κ2) is 16.1. The van der Waals surface area contributed by atoms with Crippen LogP contribution >= 0.6 is 35.6 Å². The zero-order valence-corrected chi connectivity index (χ0v) is 30.6. The van der Waals surface area contributed by atoms with Gasteiger partial charge < -0.3 is 58.5 Å². The number of carbonyl (C=O) groups is 2. The van der Waals surface area contributed by atoms with Crippen LogP contribution in [-0.2, 0) is 23.7 Å². The van der Waals surface area contributed by atoms with Crippen LogP contribution < -0.4 is 9.47 Å². The summed E-state index contributed by atoms with van der Waals surface area (Å²) in [6.07, 6.45) is -2.17. The van der Waals surface area contributed by atoms with Gasteiger partial charge in [-0.25, -0.2) is 9.59 Å². The van der Waals surface area contributed by atoms with Crippen LogP contribution in [0.1, 0.15) is 57.7 Å². The van der Waals surface area contributed by atoms with E-state index in [4.69, 9.17) is 61.5 Å². The van der Waals surface area contributed by atoms with Crippen LogP contribution in [0.25, 0.3) is 0 Å². The number of hydrogen-bond acceptors (Lipinski definition) is 14. The molecule has 0 bridgehead atoms. The van der Waals surface area contributed by atoms with Crippen LogP contribution in [0.15, 0.2) is 0 Å². The molecule has 2 aromatic carbocycles. The van der Waals surface area contributed by atoms with Crippen molar-refractivity contribution in [2.45, 2.75) is 77.5 Å². The maximum Gasteiger partial charge on any atom is 0.347 e. The van der Waals surface area contributed by atoms with Gasteiger partial charge in [0.25, 0.3) is 0 Å². The number of nitrogens with zero attached hydrogens (tertiary/aromatic N) is 1. The third-order valence-electron chi connectivity index (χ3n) is 8.05. The lowest BCUT2D eigenvalue weighted by atomic mass is 10.0. The molecule has 0 aromatic heterocycles.